The van der Waals surface area contributed by atoms with Crippen LogP contribution in [0, 0.1) is 11.2 Å². The highest BCUT2D eigenvalue weighted by Gasteiger charge is 2.31. The van der Waals surface area contributed by atoms with E-state index in [0.29, 0.717) is 17.1 Å². The van der Waals surface area contributed by atoms with Crippen molar-refractivity contribution in [3.63, 3.8) is 0 Å². The van der Waals surface area contributed by atoms with Crippen LogP contribution < -0.4 is 15.8 Å². The third kappa shape index (κ3) is 2.68. The molecule has 4 heteroatoms. The monoisotopic (exact) mass is 252 g/mol. The van der Waals surface area contributed by atoms with Crippen molar-refractivity contribution < 1.29 is 9.13 Å². The summed E-state index contributed by atoms with van der Waals surface area (Å²) in [5.74, 6) is -0.198. The summed E-state index contributed by atoms with van der Waals surface area (Å²) in [4.78, 5) is 0. The van der Waals surface area contributed by atoms with E-state index in [2.05, 4.69) is 19.2 Å². The van der Waals surface area contributed by atoms with E-state index >= 15 is 0 Å². The van der Waals surface area contributed by atoms with E-state index in [0.717, 1.165) is 18.5 Å². The van der Waals surface area contributed by atoms with Crippen LogP contribution in [0.25, 0.3) is 0 Å². The van der Waals surface area contributed by atoms with Crippen LogP contribution in [0.15, 0.2) is 12.1 Å². The van der Waals surface area contributed by atoms with E-state index < -0.39 is 5.82 Å². The molecule has 1 fully saturated rings. The van der Waals surface area contributed by atoms with Crippen molar-refractivity contribution in [2.24, 2.45) is 5.41 Å². The van der Waals surface area contributed by atoms with Gasteiger partial charge < -0.3 is 15.8 Å². The lowest BCUT2D eigenvalue weighted by Gasteiger charge is -2.20. The number of nitrogens with one attached hydrogen (secondary N) is 1. The smallest absolute Gasteiger partial charge is 0.167 e. The molecular formula is C14H21FN2O. The first-order chi connectivity index (χ1) is 8.41. The molecular weight excluding hydrogens is 231 g/mol. The van der Waals surface area contributed by atoms with Crippen LogP contribution in [0.3, 0.4) is 0 Å². The van der Waals surface area contributed by atoms with Gasteiger partial charge in [0.2, 0.25) is 0 Å². The van der Waals surface area contributed by atoms with Gasteiger partial charge in [0.05, 0.1) is 18.5 Å². The van der Waals surface area contributed by atoms with Gasteiger partial charge in [-0.3, -0.25) is 0 Å². The summed E-state index contributed by atoms with van der Waals surface area (Å²) >= 11 is 0. The molecule has 1 aliphatic rings. The van der Waals surface area contributed by atoms with E-state index in [9.17, 15) is 4.39 Å². The molecule has 0 saturated heterocycles. The summed E-state index contributed by atoms with van der Waals surface area (Å²) in [6.45, 7) is 4.53. The van der Waals surface area contributed by atoms with Gasteiger partial charge in [-0.25, -0.2) is 4.39 Å². The molecule has 1 atom stereocenters. The lowest BCUT2D eigenvalue weighted by Crippen LogP contribution is -2.18. The minimum atomic E-state index is -0.424. The van der Waals surface area contributed by atoms with Gasteiger partial charge in [-0.15, -0.1) is 0 Å². The second-order valence-corrected chi connectivity index (χ2v) is 5.82. The van der Waals surface area contributed by atoms with E-state index in [4.69, 9.17) is 10.5 Å². The van der Waals surface area contributed by atoms with E-state index in [1.807, 2.05) is 0 Å². The van der Waals surface area contributed by atoms with Gasteiger partial charge in [-0.1, -0.05) is 13.8 Å². The molecule has 1 aliphatic carbocycles. The van der Waals surface area contributed by atoms with Gasteiger partial charge in [0.25, 0.3) is 0 Å². The number of hydrogen-bond acceptors (Lipinski definition) is 3. The van der Waals surface area contributed by atoms with Crippen LogP contribution in [0.1, 0.15) is 33.1 Å². The molecule has 18 heavy (non-hydrogen) atoms. The van der Waals surface area contributed by atoms with Gasteiger partial charge in [0, 0.05) is 18.2 Å². The van der Waals surface area contributed by atoms with E-state index in [1.165, 1.54) is 19.6 Å². The quantitative estimate of drug-likeness (QED) is 0.810. The molecule has 0 aromatic heterocycles. The van der Waals surface area contributed by atoms with Gasteiger partial charge >= 0.3 is 0 Å². The number of benzene rings is 1. The standard InChI is InChI=1S/C14H21FN2O/c1-14(2)5-4-9(8-14)17-12-7-13(18-3)10(15)6-11(12)16/h6-7,9,17H,4-5,8,16H2,1-3H3. The summed E-state index contributed by atoms with van der Waals surface area (Å²) in [7, 11) is 1.46. The zero-order valence-corrected chi connectivity index (χ0v) is 11.2. The van der Waals surface area contributed by atoms with Crippen molar-refractivity contribution in [3.8, 4) is 5.75 Å². The maximum Gasteiger partial charge on any atom is 0.167 e. The number of methoxy groups -OCH3 is 1. The van der Waals surface area contributed by atoms with E-state index in [-0.39, 0.29) is 5.75 Å². The number of nitrogen functional groups attached to an aromatic ring is 1. The van der Waals surface area contributed by atoms with Crippen LogP contribution in [0.2, 0.25) is 0 Å². The number of nitrogens with two attached hydrogens (primary N) is 1. The molecule has 1 unspecified atom stereocenters. The summed E-state index contributed by atoms with van der Waals surface area (Å²) in [5, 5.41) is 3.40. The first-order valence-electron chi connectivity index (χ1n) is 6.31. The fourth-order valence-electron chi connectivity index (χ4n) is 2.63. The Hall–Kier alpha value is -1.45. The molecule has 1 aromatic rings. The minimum Gasteiger partial charge on any atom is -0.494 e. The van der Waals surface area contributed by atoms with Gasteiger partial charge in [0.15, 0.2) is 11.6 Å². The Morgan fingerprint density at radius 1 is 1.44 bits per heavy atom. The largest absolute Gasteiger partial charge is 0.494 e. The SMILES string of the molecule is COc1cc(NC2CCC(C)(C)C2)c(N)cc1F. The zero-order valence-electron chi connectivity index (χ0n) is 11.2. The fraction of sp³-hybridized carbons (Fsp3) is 0.571. The second-order valence-electron chi connectivity index (χ2n) is 5.82. The Kier molecular flexibility index (Phi) is 3.37. The van der Waals surface area contributed by atoms with Crippen molar-refractivity contribution in [2.45, 2.75) is 39.2 Å². The van der Waals surface area contributed by atoms with Crippen LogP contribution in [0.5, 0.6) is 5.75 Å². The highest BCUT2D eigenvalue weighted by molar-refractivity contribution is 5.69. The predicted molar refractivity (Wildman–Crippen MR) is 72.4 cm³/mol. The minimum absolute atomic E-state index is 0.226. The Labute approximate surface area is 108 Å². The average molecular weight is 252 g/mol. The van der Waals surface area contributed by atoms with E-state index in [1.54, 1.807) is 6.07 Å². The maximum atomic E-state index is 13.4. The summed E-state index contributed by atoms with van der Waals surface area (Å²) in [6, 6.07) is 3.34. The zero-order chi connectivity index (χ0) is 13.3. The Balaban J connectivity index is 2.14. The van der Waals surface area contributed by atoms with Crippen LogP contribution >= 0.6 is 0 Å². The van der Waals surface area contributed by atoms with Crippen LogP contribution in [0.4, 0.5) is 15.8 Å². The number of rotatable bonds is 3. The highest BCUT2D eigenvalue weighted by Crippen LogP contribution is 2.39. The Morgan fingerprint density at radius 2 is 2.17 bits per heavy atom. The highest BCUT2D eigenvalue weighted by atomic mass is 19.1. The van der Waals surface area contributed by atoms with Crippen molar-refractivity contribution in [1.82, 2.24) is 0 Å². The van der Waals surface area contributed by atoms with Crippen LogP contribution in [-0.4, -0.2) is 13.2 Å². The van der Waals surface area contributed by atoms with Gasteiger partial charge in [0.1, 0.15) is 0 Å². The van der Waals surface area contributed by atoms with Crippen molar-refractivity contribution >= 4 is 11.4 Å². The topological polar surface area (TPSA) is 47.3 Å². The molecule has 0 bridgehead atoms. The first-order valence-corrected chi connectivity index (χ1v) is 6.31. The molecule has 3 N–H and O–H groups in total. The number of anilines is 2. The molecule has 1 aromatic carbocycles. The van der Waals surface area contributed by atoms with Crippen molar-refractivity contribution in [2.75, 3.05) is 18.2 Å². The third-order valence-corrected chi connectivity index (χ3v) is 3.65. The number of halogens is 1. The predicted octanol–water partition coefficient (Wildman–Crippen LogP) is 3.41. The molecule has 0 spiro atoms. The maximum absolute atomic E-state index is 13.4. The average Bonchev–Trinajstić information content (AvgIpc) is 2.62. The number of hydrogen-bond donors (Lipinski definition) is 2. The van der Waals surface area contributed by atoms with Crippen LogP contribution in [-0.2, 0) is 0 Å². The summed E-state index contributed by atoms with van der Waals surface area (Å²) < 4.78 is 18.4. The summed E-state index contributed by atoms with van der Waals surface area (Å²) in [5.41, 5.74) is 7.39. The molecule has 0 aliphatic heterocycles. The first kappa shape index (κ1) is 13.0. The summed E-state index contributed by atoms with van der Waals surface area (Å²) in [6.07, 6.45) is 3.42. The molecule has 0 radical (unpaired) electrons. The van der Waals surface area contributed by atoms with Gasteiger partial charge in [-0.05, 0) is 24.7 Å². The Bertz CT molecular complexity index is 446. The lowest BCUT2D eigenvalue weighted by molar-refractivity contribution is 0.378. The molecule has 0 heterocycles. The molecule has 0 amide bonds. The normalized spacial score (nSPS) is 21.9. The lowest BCUT2D eigenvalue weighted by atomic mass is 9.92. The molecule has 1 saturated carbocycles. The Morgan fingerprint density at radius 3 is 2.72 bits per heavy atom. The molecule has 100 valence electrons. The van der Waals surface area contributed by atoms with Gasteiger partial charge in [-0.2, -0.15) is 0 Å². The second kappa shape index (κ2) is 4.67. The fourth-order valence-corrected chi connectivity index (χ4v) is 2.63. The van der Waals surface area contributed by atoms with Crippen molar-refractivity contribution in [3.05, 3.63) is 17.9 Å². The molecule has 3 nitrogen and oxygen atoms in total. The number of ether oxygens (including phenoxy) is 1. The molecule has 2 rings (SSSR count). The third-order valence-electron chi connectivity index (χ3n) is 3.65. The van der Waals surface area contributed by atoms with Crippen molar-refractivity contribution in [1.29, 1.82) is 0 Å².